The molecule has 0 saturated carbocycles. The summed E-state index contributed by atoms with van der Waals surface area (Å²) in [5, 5.41) is 5.80. The predicted molar refractivity (Wildman–Crippen MR) is 97.5 cm³/mol. The van der Waals surface area contributed by atoms with Crippen molar-refractivity contribution in [2.45, 2.75) is 19.4 Å². The monoisotopic (exact) mass is 376 g/mol. The topological polar surface area (TPSA) is 110 Å². The zero-order chi connectivity index (χ0) is 18.6. The van der Waals surface area contributed by atoms with Crippen LogP contribution < -0.4 is 15.4 Å². The second-order valence-electron chi connectivity index (χ2n) is 5.94. The number of hydrogen-bond donors (Lipinski definition) is 2. The Hall–Kier alpha value is -2.68. The van der Waals surface area contributed by atoms with Crippen LogP contribution in [0.3, 0.4) is 0 Å². The molecule has 1 aliphatic rings. The van der Waals surface area contributed by atoms with Crippen LogP contribution in [0.5, 0.6) is 5.75 Å². The first kappa shape index (κ1) is 18.1. The smallest absolute Gasteiger partial charge is 0.270 e. The molecule has 26 heavy (non-hydrogen) atoms. The van der Waals surface area contributed by atoms with Crippen molar-refractivity contribution in [3.63, 3.8) is 0 Å². The summed E-state index contributed by atoms with van der Waals surface area (Å²) in [5.74, 6) is 0.901. The third-order valence-corrected chi connectivity index (χ3v) is 5.67. The van der Waals surface area contributed by atoms with E-state index in [-0.39, 0.29) is 23.2 Å². The van der Waals surface area contributed by atoms with Gasteiger partial charge in [0.15, 0.2) is 9.84 Å². The molecule has 1 atom stereocenters. The van der Waals surface area contributed by atoms with Crippen LogP contribution in [0.2, 0.25) is 0 Å². The molecule has 0 bridgehead atoms. The molecule has 0 radical (unpaired) electrons. The van der Waals surface area contributed by atoms with Gasteiger partial charge >= 0.3 is 0 Å². The van der Waals surface area contributed by atoms with Crippen molar-refractivity contribution in [2.75, 3.05) is 23.4 Å². The molecule has 1 fully saturated rings. The maximum absolute atomic E-state index is 12.3. The van der Waals surface area contributed by atoms with Gasteiger partial charge in [0.1, 0.15) is 23.6 Å². The van der Waals surface area contributed by atoms with Gasteiger partial charge in [-0.25, -0.2) is 18.4 Å². The van der Waals surface area contributed by atoms with Crippen LogP contribution in [0.25, 0.3) is 0 Å². The molecule has 138 valence electrons. The normalized spacial score (nSPS) is 18.3. The van der Waals surface area contributed by atoms with Crippen LogP contribution in [-0.4, -0.2) is 48.4 Å². The number of rotatable bonds is 6. The minimum absolute atomic E-state index is 0.0267. The molecule has 0 spiro atoms. The first-order chi connectivity index (χ1) is 12.4. The second kappa shape index (κ2) is 7.69. The van der Waals surface area contributed by atoms with Crippen LogP contribution in [0, 0.1) is 0 Å². The lowest BCUT2D eigenvalue weighted by molar-refractivity contribution is 0.0936. The Morgan fingerprint density at radius 2 is 2.04 bits per heavy atom. The molecule has 2 N–H and O–H groups in total. The third kappa shape index (κ3) is 4.69. The van der Waals surface area contributed by atoms with Gasteiger partial charge in [-0.1, -0.05) is 0 Å². The molecule has 1 saturated heterocycles. The van der Waals surface area contributed by atoms with E-state index in [1.54, 1.807) is 0 Å². The number of carbonyl (C=O) groups excluding carboxylic acids is 1. The second-order valence-corrected chi connectivity index (χ2v) is 8.17. The van der Waals surface area contributed by atoms with Gasteiger partial charge in [-0.15, -0.1) is 0 Å². The van der Waals surface area contributed by atoms with Crippen LogP contribution in [-0.2, 0) is 9.84 Å². The third-order valence-electron chi connectivity index (χ3n) is 3.91. The number of ether oxygens (including phenoxy) is 1. The number of anilines is 2. The van der Waals surface area contributed by atoms with E-state index >= 15 is 0 Å². The van der Waals surface area contributed by atoms with Crippen molar-refractivity contribution in [3.05, 3.63) is 42.4 Å². The summed E-state index contributed by atoms with van der Waals surface area (Å²) in [5.41, 5.74) is 0.970. The number of carbonyl (C=O) groups is 1. The van der Waals surface area contributed by atoms with E-state index in [4.69, 9.17) is 4.74 Å². The summed E-state index contributed by atoms with van der Waals surface area (Å²) in [6.07, 6.45) is 1.72. The minimum atomic E-state index is -3.05. The summed E-state index contributed by atoms with van der Waals surface area (Å²) in [6, 6.07) is 8.51. The fourth-order valence-corrected chi connectivity index (χ4v) is 4.34. The maximum atomic E-state index is 12.3. The van der Waals surface area contributed by atoms with Crippen LogP contribution in [0.15, 0.2) is 36.7 Å². The van der Waals surface area contributed by atoms with Gasteiger partial charge < -0.3 is 15.4 Å². The lowest BCUT2D eigenvalue weighted by Crippen LogP contribution is -2.36. The lowest BCUT2D eigenvalue weighted by Gasteiger charge is -2.11. The van der Waals surface area contributed by atoms with Gasteiger partial charge in [0.2, 0.25) is 0 Å². The first-order valence-corrected chi connectivity index (χ1v) is 10.1. The van der Waals surface area contributed by atoms with Crippen LogP contribution in [0.1, 0.15) is 23.8 Å². The molecular formula is C17H20N4O4S. The molecule has 9 heteroatoms. The standard InChI is InChI=1S/C17H20N4O4S/c1-2-25-14-5-3-12(4-6-14)20-16-9-15(18-11-19-16)17(22)21-13-7-8-26(23,24)10-13/h3-6,9,11,13H,2,7-8,10H2,1H3,(H,21,22)(H,18,19,20). The summed E-state index contributed by atoms with van der Waals surface area (Å²) in [4.78, 5) is 20.4. The SMILES string of the molecule is CCOc1ccc(Nc2cc(C(=O)NC3CCS(=O)(=O)C3)ncn2)cc1. The molecule has 1 aliphatic heterocycles. The Balaban J connectivity index is 1.65. The minimum Gasteiger partial charge on any atom is -0.494 e. The van der Waals surface area contributed by atoms with E-state index in [1.807, 2.05) is 31.2 Å². The van der Waals surface area contributed by atoms with Gasteiger partial charge in [0.05, 0.1) is 18.1 Å². The van der Waals surface area contributed by atoms with Crippen molar-refractivity contribution >= 4 is 27.2 Å². The fraction of sp³-hybridized carbons (Fsp3) is 0.353. The molecule has 2 aromatic rings. The van der Waals surface area contributed by atoms with Gasteiger partial charge in [0.25, 0.3) is 5.91 Å². The number of amides is 1. The van der Waals surface area contributed by atoms with Gasteiger partial charge in [-0.3, -0.25) is 4.79 Å². The molecule has 1 aromatic carbocycles. The zero-order valence-corrected chi connectivity index (χ0v) is 15.1. The van der Waals surface area contributed by atoms with Gasteiger partial charge in [-0.05, 0) is 37.6 Å². The average molecular weight is 376 g/mol. The highest BCUT2D eigenvalue weighted by atomic mass is 32.2. The molecule has 1 amide bonds. The highest BCUT2D eigenvalue weighted by molar-refractivity contribution is 7.91. The summed E-state index contributed by atoms with van der Waals surface area (Å²) < 4.78 is 28.4. The predicted octanol–water partition coefficient (Wildman–Crippen LogP) is 1.54. The molecular weight excluding hydrogens is 356 g/mol. The van der Waals surface area contributed by atoms with Gasteiger partial charge in [0, 0.05) is 17.8 Å². The molecule has 0 aliphatic carbocycles. The highest BCUT2D eigenvalue weighted by Gasteiger charge is 2.29. The molecule has 8 nitrogen and oxygen atoms in total. The summed E-state index contributed by atoms with van der Waals surface area (Å²) >= 11 is 0. The zero-order valence-electron chi connectivity index (χ0n) is 14.3. The van der Waals surface area contributed by atoms with Crippen molar-refractivity contribution in [1.29, 1.82) is 0 Å². The summed E-state index contributed by atoms with van der Waals surface area (Å²) in [7, 11) is -3.05. The Morgan fingerprint density at radius 1 is 1.27 bits per heavy atom. The fourth-order valence-electron chi connectivity index (χ4n) is 2.67. The highest BCUT2D eigenvalue weighted by Crippen LogP contribution is 2.19. The Labute approximate surface area is 151 Å². The van der Waals surface area contributed by atoms with E-state index in [9.17, 15) is 13.2 Å². The van der Waals surface area contributed by atoms with Crippen molar-refractivity contribution in [3.8, 4) is 5.75 Å². The van der Waals surface area contributed by atoms with E-state index in [2.05, 4.69) is 20.6 Å². The van der Waals surface area contributed by atoms with E-state index in [1.165, 1.54) is 12.4 Å². The molecule has 1 unspecified atom stereocenters. The number of hydrogen-bond acceptors (Lipinski definition) is 7. The lowest BCUT2D eigenvalue weighted by atomic mass is 10.2. The molecule has 1 aromatic heterocycles. The van der Waals surface area contributed by atoms with Gasteiger partial charge in [-0.2, -0.15) is 0 Å². The average Bonchev–Trinajstić information content (AvgIpc) is 2.95. The summed E-state index contributed by atoms with van der Waals surface area (Å²) in [6.45, 7) is 2.51. The van der Waals surface area contributed by atoms with Crippen molar-refractivity contribution in [1.82, 2.24) is 15.3 Å². The number of aromatic nitrogens is 2. The van der Waals surface area contributed by atoms with E-state index in [0.29, 0.717) is 18.8 Å². The molecule has 3 rings (SSSR count). The number of nitrogens with one attached hydrogen (secondary N) is 2. The molecule has 2 heterocycles. The van der Waals surface area contributed by atoms with E-state index < -0.39 is 15.7 Å². The van der Waals surface area contributed by atoms with Crippen LogP contribution in [0.4, 0.5) is 11.5 Å². The maximum Gasteiger partial charge on any atom is 0.270 e. The number of benzene rings is 1. The first-order valence-electron chi connectivity index (χ1n) is 8.28. The Bertz CT molecular complexity index is 884. The quantitative estimate of drug-likeness (QED) is 0.787. The van der Waals surface area contributed by atoms with Crippen molar-refractivity contribution in [2.24, 2.45) is 0 Å². The van der Waals surface area contributed by atoms with E-state index in [0.717, 1.165) is 11.4 Å². The van der Waals surface area contributed by atoms with Crippen molar-refractivity contribution < 1.29 is 17.9 Å². The largest absolute Gasteiger partial charge is 0.494 e. The number of sulfone groups is 1. The number of nitrogens with zero attached hydrogens (tertiary/aromatic N) is 2. The van der Waals surface area contributed by atoms with Crippen LogP contribution >= 0.6 is 0 Å². The Morgan fingerprint density at radius 3 is 2.69 bits per heavy atom. The Kier molecular flexibility index (Phi) is 5.36.